The largest absolute Gasteiger partial charge is 0.327 e. The van der Waals surface area contributed by atoms with Gasteiger partial charge >= 0.3 is 0 Å². The van der Waals surface area contributed by atoms with Gasteiger partial charge in [0.1, 0.15) is 0 Å². The lowest BCUT2D eigenvalue weighted by Crippen LogP contribution is -2.48. The Labute approximate surface area is 103 Å². The van der Waals surface area contributed by atoms with Gasteiger partial charge < -0.3 is 8.97 Å². The van der Waals surface area contributed by atoms with E-state index in [0.29, 0.717) is 0 Å². The average Bonchev–Trinajstić information content (AvgIpc) is 2.12. The molecule has 0 heterocycles. The minimum absolute atomic E-state index is 0.729. The fourth-order valence-corrected chi connectivity index (χ4v) is 1.56. The van der Waals surface area contributed by atoms with Crippen molar-refractivity contribution in [2.75, 3.05) is 41.3 Å². The Kier molecular flexibility index (Phi) is 5.99. The van der Waals surface area contributed by atoms with Gasteiger partial charge in [0.2, 0.25) is 0 Å². The summed E-state index contributed by atoms with van der Waals surface area (Å²) in [5, 5.41) is 0. The maximum atomic E-state index is 2.34. The fraction of sp³-hybridized carbons (Fsp3) is 1.00. The van der Waals surface area contributed by atoms with Gasteiger partial charge in [0.25, 0.3) is 0 Å². The van der Waals surface area contributed by atoms with Crippen molar-refractivity contribution in [1.82, 2.24) is 0 Å². The second-order valence-corrected chi connectivity index (χ2v) is 6.90. The Morgan fingerprint density at radius 2 is 0.875 bits per heavy atom. The molecule has 0 aromatic carbocycles. The number of quaternary nitrogens is 2. The first-order valence-corrected chi connectivity index (χ1v) is 6.75. The molecule has 0 aliphatic rings. The van der Waals surface area contributed by atoms with Gasteiger partial charge in [-0.2, -0.15) is 0 Å². The zero-order chi connectivity index (χ0) is 13.0. The molecule has 0 saturated heterocycles. The van der Waals surface area contributed by atoms with Crippen LogP contribution < -0.4 is 0 Å². The third-order valence-corrected chi connectivity index (χ3v) is 4.51. The van der Waals surface area contributed by atoms with Gasteiger partial charge in [-0.3, -0.25) is 0 Å². The standard InChI is InChI=1S/C14H34N2/c1-13(2)15(5,6)11-9-10-12-16(7,8)14(3)4/h13-14H,9-12H2,1-8H3/q+2. The van der Waals surface area contributed by atoms with Gasteiger partial charge in [0.15, 0.2) is 0 Å². The van der Waals surface area contributed by atoms with Crippen molar-refractivity contribution in [1.29, 1.82) is 0 Å². The Balaban J connectivity index is 3.85. The van der Waals surface area contributed by atoms with Crippen LogP contribution in [0.15, 0.2) is 0 Å². The average molecular weight is 230 g/mol. The predicted octanol–water partition coefficient (Wildman–Crippen LogP) is 2.74. The molecule has 0 N–H and O–H groups in total. The molecule has 0 fully saturated rings. The SMILES string of the molecule is CC(C)[N+](C)(C)CCCC[N+](C)(C)C(C)C. The summed E-state index contributed by atoms with van der Waals surface area (Å²) in [5.74, 6) is 0. The molecule has 0 spiro atoms. The van der Waals surface area contributed by atoms with Crippen molar-refractivity contribution in [2.24, 2.45) is 0 Å². The molecule has 0 atom stereocenters. The van der Waals surface area contributed by atoms with Crippen LogP contribution in [-0.2, 0) is 0 Å². The van der Waals surface area contributed by atoms with Crippen molar-refractivity contribution in [2.45, 2.75) is 52.6 Å². The van der Waals surface area contributed by atoms with Crippen molar-refractivity contribution >= 4 is 0 Å². The van der Waals surface area contributed by atoms with Crippen LogP contribution >= 0.6 is 0 Å². The summed E-state index contributed by atoms with van der Waals surface area (Å²) < 4.78 is 2.30. The van der Waals surface area contributed by atoms with Crippen molar-refractivity contribution in [3.63, 3.8) is 0 Å². The lowest BCUT2D eigenvalue weighted by atomic mass is 10.2. The summed E-state index contributed by atoms with van der Waals surface area (Å²) in [5.41, 5.74) is 0. The zero-order valence-corrected chi connectivity index (χ0v) is 12.9. The van der Waals surface area contributed by atoms with Crippen LogP contribution in [0.25, 0.3) is 0 Å². The van der Waals surface area contributed by atoms with Gasteiger partial charge in [0.05, 0.1) is 53.4 Å². The van der Waals surface area contributed by atoms with Gasteiger partial charge in [-0.15, -0.1) is 0 Å². The highest BCUT2D eigenvalue weighted by Gasteiger charge is 2.21. The predicted molar refractivity (Wildman–Crippen MR) is 73.5 cm³/mol. The van der Waals surface area contributed by atoms with Crippen LogP contribution in [0.3, 0.4) is 0 Å². The molecule has 0 aromatic rings. The second-order valence-electron chi connectivity index (χ2n) is 6.90. The maximum Gasteiger partial charge on any atom is 0.0829 e. The molecule has 16 heavy (non-hydrogen) atoms. The molecule has 0 amide bonds. The molecule has 0 rings (SSSR count). The van der Waals surface area contributed by atoms with Crippen LogP contribution in [0.1, 0.15) is 40.5 Å². The van der Waals surface area contributed by atoms with Gasteiger partial charge in [0, 0.05) is 12.8 Å². The highest BCUT2D eigenvalue weighted by atomic mass is 15.3. The Bertz CT molecular complexity index is 171. The second kappa shape index (κ2) is 6.02. The van der Waals surface area contributed by atoms with E-state index in [9.17, 15) is 0 Å². The summed E-state index contributed by atoms with van der Waals surface area (Å²) >= 11 is 0. The molecule has 0 aliphatic heterocycles. The third kappa shape index (κ3) is 5.31. The Morgan fingerprint density at radius 3 is 1.06 bits per heavy atom. The minimum Gasteiger partial charge on any atom is -0.327 e. The molecule has 2 nitrogen and oxygen atoms in total. The maximum absolute atomic E-state index is 2.34. The number of nitrogens with zero attached hydrogens (tertiary/aromatic N) is 2. The number of hydrogen-bond donors (Lipinski definition) is 0. The summed E-state index contributed by atoms with van der Waals surface area (Å²) in [7, 11) is 9.36. The molecule has 98 valence electrons. The molecule has 0 bridgehead atoms. The smallest absolute Gasteiger partial charge is 0.0829 e. The first-order valence-electron chi connectivity index (χ1n) is 6.75. The minimum atomic E-state index is 0.729. The summed E-state index contributed by atoms with van der Waals surface area (Å²) in [6.45, 7) is 11.9. The van der Waals surface area contributed by atoms with E-state index in [1.54, 1.807) is 0 Å². The van der Waals surface area contributed by atoms with E-state index < -0.39 is 0 Å². The van der Waals surface area contributed by atoms with E-state index in [4.69, 9.17) is 0 Å². The fourth-order valence-electron chi connectivity index (χ4n) is 1.56. The molecule has 0 aliphatic carbocycles. The van der Waals surface area contributed by atoms with Gasteiger partial charge in [-0.05, 0) is 27.7 Å². The quantitative estimate of drug-likeness (QED) is 0.466. The molecular formula is C14H34N2+2. The Morgan fingerprint density at radius 1 is 0.625 bits per heavy atom. The van der Waals surface area contributed by atoms with E-state index in [0.717, 1.165) is 21.0 Å². The lowest BCUT2D eigenvalue weighted by molar-refractivity contribution is -0.917. The van der Waals surface area contributed by atoms with Crippen LogP contribution in [0.4, 0.5) is 0 Å². The van der Waals surface area contributed by atoms with Crippen LogP contribution in [0.5, 0.6) is 0 Å². The van der Waals surface area contributed by atoms with Crippen LogP contribution in [-0.4, -0.2) is 62.3 Å². The van der Waals surface area contributed by atoms with E-state index in [-0.39, 0.29) is 0 Å². The van der Waals surface area contributed by atoms with Crippen LogP contribution in [0, 0.1) is 0 Å². The number of rotatable bonds is 7. The van der Waals surface area contributed by atoms with Crippen molar-refractivity contribution in [3.05, 3.63) is 0 Å². The third-order valence-electron chi connectivity index (χ3n) is 4.51. The molecule has 0 unspecified atom stereocenters. The molecular weight excluding hydrogens is 196 g/mol. The number of hydrogen-bond acceptors (Lipinski definition) is 0. The first-order chi connectivity index (χ1) is 7.09. The van der Waals surface area contributed by atoms with Crippen molar-refractivity contribution < 1.29 is 8.97 Å². The summed E-state index contributed by atoms with van der Waals surface area (Å²) in [6.07, 6.45) is 2.69. The molecule has 0 saturated carbocycles. The van der Waals surface area contributed by atoms with E-state index in [1.807, 2.05) is 0 Å². The summed E-state index contributed by atoms with van der Waals surface area (Å²) in [4.78, 5) is 0. The number of unbranched alkanes of at least 4 members (excludes halogenated alkanes) is 1. The summed E-state index contributed by atoms with van der Waals surface area (Å²) in [6, 6.07) is 1.46. The van der Waals surface area contributed by atoms with E-state index in [1.165, 1.54) is 25.9 Å². The lowest BCUT2D eigenvalue weighted by Gasteiger charge is -2.36. The monoisotopic (exact) mass is 230 g/mol. The van der Waals surface area contributed by atoms with E-state index in [2.05, 4.69) is 55.9 Å². The zero-order valence-electron chi connectivity index (χ0n) is 12.9. The normalized spacial score (nSPS) is 13.9. The first kappa shape index (κ1) is 15.9. The van der Waals surface area contributed by atoms with Gasteiger partial charge in [-0.1, -0.05) is 0 Å². The van der Waals surface area contributed by atoms with Gasteiger partial charge in [-0.25, -0.2) is 0 Å². The molecule has 0 aromatic heterocycles. The van der Waals surface area contributed by atoms with E-state index >= 15 is 0 Å². The highest BCUT2D eigenvalue weighted by molar-refractivity contribution is 4.46. The molecule has 0 radical (unpaired) electrons. The Hall–Kier alpha value is -0.0800. The topological polar surface area (TPSA) is 0 Å². The molecule has 2 heteroatoms. The van der Waals surface area contributed by atoms with Crippen LogP contribution in [0.2, 0.25) is 0 Å². The van der Waals surface area contributed by atoms with Crippen molar-refractivity contribution in [3.8, 4) is 0 Å². The highest BCUT2D eigenvalue weighted by Crippen LogP contribution is 2.11.